The Balaban J connectivity index is 2.59. The number of hydrogen-bond acceptors (Lipinski definition) is 2. The van der Waals surface area contributed by atoms with Gasteiger partial charge in [0.25, 0.3) is 0 Å². The maximum absolute atomic E-state index is 5.83. The van der Waals surface area contributed by atoms with E-state index in [9.17, 15) is 0 Å². The van der Waals surface area contributed by atoms with E-state index in [1.54, 1.807) is 7.11 Å². The summed E-state index contributed by atoms with van der Waals surface area (Å²) in [5, 5.41) is 0. The van der Waals surface area contributed by atoms with E-state index in [0.29, 0.717) is 25.4 Å². The number of nitrogens with two attached hydrogens (primary N) is 1. The van der Waals surface area contributed by atoms with Crippen molar-refractivity contribution in [2.75, 3.05) is 20.3 Å². The Morgan fingerprint density at radius 1 is 1.31 bits per heavy atom. The topological polar surface area (TPSA) is 47.6 Å². The van der Waals surface area contributed by atoms with Gasteiger partial charge in [0.15, 0.2) is 0 Å². The average molecular weight is 220 g/mol. The van der Waals surface area contributed by atoms with E-state index in [1.165, 1.54) is 16.7 Å². The van der Waals surface area contributed by atoms with E-state index in [1.807, 2.05) is 0 Å². The molecule has 0 aromatic heterocycles. The predicted octanol–water partition coefficient (Wildman–Crippen LogP) is 1.85. The number of ether oxygens (including phenoxy) is 1. The second-order valence-corrected chi connectivity index (χ2v) is 3.96. The van der Waals surface area contributed by atoms with Crippen molar-refractivity contribution in [3.05, 3.63) is 34.9 Å². The minimum Gasteiger partial charge on any atom is -0.387 e. The zero-order chi connectivity index (χ0) is 12.0. The van der Waals surface area contributed by atoms with Crippen LogP contribution in [0.2, 0.25) is 0 Å². The zero-order valence-corrected chi connectivity index (χ0v) is 10.3. The highest BCUT2D eigenvalue weighted by atomic mass is 16.5. The van der Waals surface area contributed by atoms with Gasteiger partial charge in [0.1, 0.15) is 0 Å². The Morgan fingerprint density at radius 3 is 2.69 bits per heavy atom. The third-order valence-electron chi connectivity index (χ3n) is 2.57. The monoisotopic (exact) mass is 220 g/mol. The Morgan fingerprint density at radius 2 is 2.06 bits per heavy atom. The van der Waals surface area contributed by atoms with Crippen LogP contribution in [-0.4, -0.2) is 26.1 Å². The standard InChI is InChI=1S/C13H20N2O/c1-10-4-5-12(8-11(10)2)9-13(14)15-6-7-16-3/h4-5,8H,6-7,9H2,1-3H3,(H2,14,15). The molecule has 0 saturated heterocycles. The van der Waals surface area contributed by atoms with Gasteiger partial charge >= 0.3 is 0 Å². The van der Waals surface area contributed by atoms with Crippen LogP contribution in [0, 0.1) is 13.8 Å². The van der Waals surface area contributed by atoms with E-state index in [0.717, 1.165) is 0 Å². The van der Waals surface area contributed by atoms with Crippen LogP contribution in [0.15, 0.2) is 23.2 Å². The number of methoxy groups -OCH3 is 1. The van der Waals surface area contributed by atoms with Crippen LogP contribution >= 0.6 is 0 Å². The van der Waals surface area contributed by atoms with Crippen LogP contribution in [0.3, 0.4) is 0 Å². The number of amidine groups is 1. The second-order valence-electron chi connectivity index (χ2n) is 3.96. The predicted molar refractivity (Wildman–Crippen MR) is 68.0 cm³/mol. The fourth-order valence-corrected chi connectivity index (χ4v) is 1.46. The lowest BCUT2D eigenvalue weighted by atomic mass is 10.0. The molecule has 1 rings (SSSR count). The Kier molecular flexibility index (Phi) is 4.99. The maximum atomic E-state index is 5.83. The molecule has 1 aromatic rings. The first-order valence-corrected chi connectivity index (χ1v) is 5.47. The van der Waals surface area contributed by atoms with Crippen molar-refractivity contribution in [2.45, 2.75) is 20.3 Å². The van der Waals surface area contributed by atoms with Gasteiger partial charge in [-0.15, -0.1) is 0 Å². The molecule has 0 spiro atoms. The maximum Gasteiger partial charge on any atom is 0.0982 e. The molecule has 0 aliphatic carbocycles. The molecule has 1 aromatic carbocycles. The van der Waals surface area contributed by atoms with E-state index < -0.39 is 0 Å². The van der Waals surface area contributed by atoms with Crippen LogP contribution in [0.5, 0.6) is 0 Å². The van der Waals surface area contributed by atoms with Crippen LogP contribution in [0.25, 0.3) is 0 Å². The molecule has 0 fully saturated rings. The van der Waals surface area contributed by atoms with Gasteiger partial charge in [-0.2, -0.15) is 0 Å². The molecule has 0 heterocycles. The molecular formula is C13H20N2O. The summed E-state index contributed by atoms with van der Waals surface area (Å²) in [6, 6.07) is 6.38. The molecular weight excluding hydrogens is 200 g/mol. The third kappa shape index (κ3) is 4.03. The van der Waals surface area contributed by atoms with Crippen molar-refractivity contribution in [3.8, 4) is 0 Å². The summed E-state index contributed by atoms with van der Waals surface area (Å²) in [5.41, 5.74) is 9.64. The van der Waals surface area contributed by atoms with Gasteiger partial charge in [-0.25, -0.2) is 0 Å². The number of aliphatic imine (C=N–C) groups is 1. The highest BCUT2D eigenvalue weighted by Gasteiger charge is 1.99. The lowest BCUT2D eigenvalue weighted by Crippen LogP contribution is -2.16. The molecule has 2 N–H and O–H groups in total. The summed E-state index contributed by atoms with van der Waals surface area (Å²) < 4.78 is 4.91. The summed E-state index contributed by atoms with van der Waals surface area (Å²) in [6.45, 7) is 5.47. The Bertz CT molecular complexity index is 372. The fourth-order valence-electron chi connectivity index (χ4n) is 1.46. The first-order chi connectivity index (χ1) is 7.63. The Hall–Kier alpha value is -1.35. The zero-order valence-electron chi connectivity index (χ0n) is 10.3. The molecule has 16 heavy (non-hydrogen) atoms. The number of nitrogens with zero attached hydrogens (tertiary/aromatic N) is 1. The number of aryl methyl sites for hydroxylation is 2. The summed E-state index contributed by atoms with van der Waals surface area (Å²) in [7, 11) is 1.66. The SMILES string of the molecule is COCCN=C(N)Cc1ccc(C)c(C)c1. The highest BCUT2D eigenvalue weighted by molar-refractivity contribution is 5.82. The first-order valence-electron chi connectivity index (χ1n) is 5.47. The van der Waals surface area contributed by atoms with Gasteiger partial charge in [-0.3, -0.25) is 4.99 Å². The third-order valence-corrected chi connectivity index (χ3v) is 2.57. The quantitative estimate of drug-likeness (QED) is 0.467. The molecule has 0 radical (unpaired) electrons. The molecule has 0 amide bonds. The number of benzene rings is 1. The van der Waals surface area contributed by atoms with E-state index in [-0.39, 0.29) is 0 Å². The molecule has 88 valence electrons. The normalized spacial score (nSPS) is 11.8. The van der Waals surface area contributed by atoms with Crippen molar-refractivity contribution in [2.24, 2.45) is 10.7 Å². The van der Waals surface area contributed by atoms with Crippen LogP contribution in [-0.2, 0) is 11.2 Å². The molecule has 0 saturated carbocycles. The van der Waals surface area contributed by atoms with E-state index in [2.05, 4.69) is 37.0 Å². The lowest BCUT2D eigenvalue weighted by Gasteiger charge is -2.05. The second kappa shape index (κ2) is 6.28. The molecule has 0 atom stereocenters. The van der Waals surface area contributed by atoms with Gasteiger partial charge < -0.3 is 10.5 Å². The largest absolute Gasteiger partial charge is 0.387 e. The number of rotatable bonds is 5. The summed E-state index contributed by atoms with van der Waals surface area (Å²) >= 11 is 0. The highest BCUT2D eigenvalue weighted by Crippen LogP contribution is 2.10. The molecule has 0 aliphatic rings. The van der Waals surface area contributed by atoms with Crippen LogP contribution < -0.4 is 5.73 Å². The van der Waals surface area contributed by atoms with Crippen molar-refractivity contribution >= 4 is 5.84 Å². The smallest absolute Gasteiger partial charge is 0.0982 e. The van der Waals surface area contributed by atoms with E-state index in [4.69, 9.17) is 10.5 Å². The van der Waals surface area contributed by atoms with Crippen molar-refractivity contribution in [1.29, 1.82) is 0 Å². The van der Waals surface area contributed by atoms with Crippen molar-refractivity contribution < 1.29 is 4.74 Å². The van der Waals surface area contributed by atoms with Gasteiger partial charge in [0, 0.05) is 13.5 Å². The fraction of sp³-hybridized carbons (Fsp3) is 0.462. The molecule has 0 unspecified atom stereocenters. The minimum atomic E-state index is 0.619. The van der Waals surface area contributed by atoms with Gasteiger partial charge in [0.2, 0.25) is 0 Å². The van der Waals surface area contributed by atoms with Gasteiger partial charge in [0.05, 0.1) is 19.0 Å². The first kappa shape index (κ1) is 12.7. The number of hydrogen-bond donors (Lipinski definition) is 1. The average Bonchev–Trinajstić information content (AvgIpc) is 2.24. The van der Waals surface area contributed by atoms with E-state index >= 15 is 0 Å². The molecule has 3 nitrogen and oxygen atoms in total. The minimum absolute atomic E-state index is 0.619. The van der Waals surface area contributed by atoms with Crippen LogP contribution in [0.1, 0.15) is 16.7 Å². The summed E-state index contributed by atoms with van der Waals surface area (Å²) in [4.78, 5) is 4.23. The lowest BCUT2D eigenvalue weighted by molar-refractivity contribution is 0.208. The van der Waals surface area contributed by atoms with Gasteiger partial charge in [-0.1, -0.05) is 18.2 Å². The summed E-state index contributed by atoms with van der Waals surface area (Å²) in [6.07, 6.45) is 0.713. The molecule has 0 bridgehead atoms. The van der Waals surface area contributed by atoms with Gasteiger partial charge in [-0.05, 0) is 30.5 Å². The van der Waals surface area contributed by atoms with Crippen molar-refractivity contribution in [1.82, 2.24) is 0 Å². The van der Waals surface area contributed by atoms with Crippen LogP contribution in [0.4, 0.5) is 0 Å². The van der Waals surface area contributed by atoms with Crippen molar-refractivity contribution in [3.63, 3.8) is 0 Å². The molecule has 0 aliphatic heterocycles. The Labute approximate surface area is 97.3 Å². The molecule has 3 heteroatoms. The summed E-state index contributed by atoms with van der Waals surface area (Å²) in [5.74, 6) is 0.667.